The molecule has 1 aromatic carbocycles. The van der Waals surface area contributed by atoms with Crippen molar-refractivity contribution in [2.75, 3.05) is 12.4 Å². The third-order valence-corrected chi connectivity index (χ3v) is 3.05. The highest BCUT2D eigenvalue weighted by Crippen LogP contribution is 2.31. The predicted molar refractivity (Wildman–Crippen MR) is 85.0 cm³/mol. The van der Waals surface area contributed by atoms with Gasteiger partial charge in [0, 0.05) is 24.1 Å². The van der Waals surface area contributed by atoms with Crippen molar-refractivity contribution in [1.82, 2.24) is 14.6 Å². The van der Waals surface area contributed by atoms with Gasteiger partial charge in [-0.25, -0.2) is 9.50 Å². The van der Waals surface area contributed by atoms with Crippen LogP contribution in [0.2, 0.25) is 0 Å². The second kappa shape index (κ2) is 5.93. The Bertz CT molecular complexity index is 783. The number of hydrogen-bond donors (Lipinski definition) is 1. The lowest BCUT2D eigenvalue weighted by molar-refractivity contribution is 0.230. The highest BCUT2D eigenvalue weighted by molar-refractivity contribution is 5.61. The van der Waals surface area contributed by atoms with E-state index < -0.39 is 0 Å². The van der Waals surface area contributed by atoms with Gasteiger partial charge in [-0.2, -0.15) is 0 Å². The molecule has 114 valence electrons. The molecular weight excluding hydrogens is 280 g/mol. The number of benzene rings is 1. The standard InChI is InChI=1S/C16H18N4O2/c1-11(2)22-13-5-4-12(10-14(13)21-3)18-15-6-7-16-17-8-9-20(16)19-15/h4-11H,1-3H3,(H,18,19). The lowest BCUT2D eigenvalue weighted by Gasteiger charge is -2.15. The Morgan fingerprint density at radius 2 is 2.00 bits per heavy atom. The van der Waals surface area contributed by atoms with E-state index >= 15 is 0 Å². The molecule has 1 N–H and O–H groups in total. The van der Waals surface area contributed by atoms with Crippen LogP contribution in [0.1, 0.15) is 13.8 Å². The Hall–Kier alpha value is -2.76. The normalized spacial score (nSPS) is 10.9. The maximum absolute atomic E-state index is 5.71. The molecule has 22 heavy (non-hydrogen) atoms. The molecule has 2 heterocycles. The van der Waals surface area contributed by atoms with Gasteiger partial charge in [0.2, 0.25) is 0 Å². The van der Waals surface area contributed by atoms with Crippen LogP contribution in [0.4, 0.5) is 11.5 Å². The summed E-state index contributed by atoms with van der Waals surface area (Å²) < 4.78 is 12.8. The second-order valence-corrected chi connectivity index (χ2v) is 5.11. The molecule has 2 aromatic heterocycles. The van der Waals surface area contributed by atoms with Crippen LogP contribution < -0.4 is 14.8 Å². The number of nitrogens with one attached hydrogen (secondary N) is 1. The predicted octanol–water partition coefficient (Wildman–Crippen LogP) is 3.27. The largest absolute Gasteiger partial charge is 0.493 e. The average molecular weight is 298 g/mol. The van der Waals surface area contributed by atoms with Gasteiger partial charge in [-0.15, -0.1) is 5.10 Å². The molecule has 0 radical (unpaired) electrons. The van der Waals surface area contributed by atoms with E-state index in [0.717, 1.165) is 22.9 Å². The molecule has 3 rings (SSSR count). The summed E-state index contributed by atoms with van der Waals surface area (Å²) in [6, 6.07) is 9.49. The molecule has 0 atom stereocenters. The number of fused-ring (bicyclic) bond motifs is 1. The van der Waals surface area contributed by atoms with Gasteiger partial charge in [-0.3, -0.25) is 0 Å². The van der Waals surface area contributed by atoms with Crippen LogP contribution in [0.3, 0.4) is 0 Å². The zero-order valence-corrected chi connectivity index (χ0v) is 12.8. The Kier molecular flexibility index (Phi) is 3.82. The Morgan fingerprint density at radius 3 is 2.77 bits per heavy atom. The van der Waals surface area contributed by atoms with Crippen molar-refractivity contribution in [2.24, 2.45) is 0 Å². The minimum atomic E-state index is 0.0954. The summed E-state index contributed by atoms with van der Waals surface area (Å²) in [4.78, 5) is 4.17. The van der Waals surface area contributed by atoms with E-state index in [2.05, 4.69) is 15.4 Å². The summed E-state index contributed by atoms with van der Waals surface area (Å²) in [6.07, 6.45) is 3.62. The van der Waals surface area contributed by atoms with Crippen LogP contribution in [0, 0.1) is 0 Å². The van der Waals surface area contributed by atoms with Crippen LogP contribution in [0.15, 0.2) is 42.7 Å². The topological polar surface area (TPSA) is 60.7 Å². The molecule has 0 amide bonds. The first-order valence-corrected chi connectivity index (χ1v) is 7.08. The number of nitrogens with zero attached hydrogens (tertiary/aromatic N) is 3. The zero-order valence-electron chi connectivity index (χ0n) is 12.8. The van der Waals surface area contributed by atoms with E-state index in [1.165, 1.54) is 0 Å². The van der Waals surface area contributed by atoms with Crippen LogP contribution >= 0.6 is 0 Å². The van der Waals surface area contributed by atoms with Crippen LogP contribution in [0.25, 0.3) is 5.65 Å². The number of ether oxygens (including phenoxy) is 2. The van der Waals surface area contributed by atoms with Gasteiger partial charge in [-0.1, -0.05) is 0 Å². The van der Waals surface area contributed by atoms with Crippen LogP contribution in [0.5, 0.6) is 11.5 Å². The minimum Gasteiger partial charge on any atom is -0.493 e. The molecule has 0 saturated carbocycles. The first-order valence-electron chi connectivity index (χ1n) is 7.08. The fourth-order valence-electron chi connectivity index (χ4n) is 2.13. The number of methoxy groups -OCH3 is 1. The SMILES string of the molecule is COc1cc(Nc2ccc3nccn3n2)ccc1OC(C)C. The van der Waals surface area contributed by atoms with E-state index in [-0.39, 0.29) is 6.10 Å². The summed E-state index contributed by atoms with van der Waals surface area (Å²) in [6.45, 7) is 3.96. The minimum absolute atomic E-state index is 0.0954. The van der Waals surface area contributed by atoms with Crippen molar-refractivity contribution in [2.45, 2.75) is 20.0 Å². The number of anilines is 2. The fraction of sp³-hybridized carbons (Fsp3) is 0.250. The smallest absolute Gasteiger partial charge is 0.162 e. The van der Waals surface area contributed by atoms with Crippen molar-refractivity contribution < 1.29 is 9.47 Å². The van der Waals surface area contributed by atoms with Gasteiger partial charge in [-0.05, 0) is 38.1 Å². The highest BCUT2D eigenvalue weighted by Gasteiger charge is 2.08. The lowest BCUT2D eigenvalue weighted by atomic mass is 10.2. The molecular formula is C16H18N4O2. The fourth-order valence-corrected chi connectivity index (χ4v) is 2.13. The van der Waals surface area contributed by atoms with Crippen molar-refractivity contribution in [1.29, 1.82) is 0 Å². The van der Waals surface area contributed by atoms with Gasteiger partial charge in [0.05, 0.1) is 13.2 Å². The molecule has 0 spiro atoms. The monoisotopic (exact) mass is 298 g/mol. The van der Waals surface area contributed by atoms with Gasteiger partial charge in [0.15, 0.2) is 23.0 Å². The maximum atomic E-state index is 5.71. The molecule has 3 aromatic rings. The molecule has 0 unspecified atom stereocenters. The number of hydrogen-bond acceptors (Lipinski definition) is 5. The molecule has 0 bridgehead atoms. The van der Waals surface area contributed by atoms with E-state index in [1.807, 2.05) is 44.2 Å². The first kappa shape index (κ1) is 14.2. The highest BCUT2D eigenvalue weighted by atomic mass is 16.5. The van der Waals surface area contributed by atoms with E-state index in [0.29, 0.717) is 5.75 Å². The van der Waals surface area contributed by atoms with Crippen molar-refractivity contribution in [3.8, 4) is 11.5 Å². The van der Waals surface area contributed by atoms with Gasteiger partial charge in [0.1, 0.15) is 0 Å². The summed E-state index contributed by atoms with van der Waals surface area (Å²) in [7, 11) is 1.63. The second-order valence-electron chi connectivity index (χ2n) is 5.11. The summed E-state index contributed by atoms with van der Waals surface area (Å²) in [5.41, 5.74) is 1.68. The molecule has 0 aliphatic rings. The van der Waals surface area contributed by atoms with E-state index in [1.54, 1.807) is 24.0 Å². The zero-order chi connectivity index (χ0) is 15.5. The molecule has 0 aliphatic carbocycles. The summed E-state index contributed by atoms with van der Waals surface area (Å²) in [5, 5.41) is 7.67. The van der Waals surface area contributed by atoms with Gasteiger partial charge >= 0.3 is 0 Å². The van der Waals surface area contributed by atoms with Crippen molar-refractivity contribution in [3.63, 3.8) is 0 Å². The van der Waals surface area contributed by atoms with Gasteiger partial charge < -0.3 is 14.8 Å². The third-order valence-electron chi connectivity index (χ3n) is 3.05. The molecule has 0 aliphatic heterocycles. The van der Waals surface area contributed by atoms with Crippen LogP contribution in [-0.2, 0) is 0 Å². The van der Waals surface area contributed by atoms with Gasteiger partial charge in [0.25, 0.3) is 0 Å². The van der Waals surface area contributed by atoms with E-state index in [9.17, 15) is 0 Å². The number of imidazole rings is 1. The lowest BCUT2D eigenvalue weighted by Crippen LogP contribution is -2.07. The summed E-state index contributed by atoms with van der Waals surface area (Å²) in [5.74, 6) is 2.13. The first-order chi connectivity index (χ1) is 10.7. The van der Waals surface area contributed by atoms with Crippen LogP contribution in [-0.4, -0.2) is 27.8 Å². The number of rotatable bonds is 5. The number of aromatic nitrogens is 3. The average Bonchev–Trinajstić information content (AvgIpc) is 2.96. The Balaban J connectivity index is 1.85. The van der Waals surface area contributed by atoms with E-state index in [4.69, 9.17) is 9.47 Å². The summed E-state index contributed by atoms with van der Waals surface area (Å²) >= 11 is 0. The van der Waals surface area contributed by atoms with Crippen molar-refractivity contribution >= 4 is 17.2 Å². The Labute approximate surface area is 128 Å². The third kappa shape index (κ3) is 2.95. The molecule has 0 fully saturated rings. The Morgan fingerprint density at radius 1 is 1.14 bits per heavy atom. The molecule has 0 saturated heterocycles. The quantitative estimate of drug-likeness (QED) is 0.783. The van der Waals surface area contributed by atoms with Crippen molar-refractivity contribution in [3.05, 3.63) is 42.7 Å². The molecule has 6 nitrogen and oxygen atoms in total. The maximum Gasteiger partial charge on any atom is 0.162 e. The molecule has 6 heteroatoms.